The van der Waals surface area contributed by atoms with Crippen LogP contribution in [0.3, 0.4) is 0 Å². The number of hydrogen-bond acceptors (Lipinski definition) is 7. The van der Waals surface area contributed by atoms with E-state index >= 15 is 0 Å². The van der Waals surface area contributed by atoms with Gasteiger partial charge in [0.15, 0.2) is 11.0 Å². The summed E-state index contributed by atoms with van der Waals surface area (Å²) < 4.78 is 35.0. The van der Waals surface area contributed by atoms with E-state index in [9.17, 15) is 23.2 Å². The van der Waals surface area contributed by atoms with Gasteiger partial charge in [-0.2, -0.15) is 0 Å². The number of nitrogens with zero attached hydrogens (tertiary/aromatic N) is 4. The number of rotatable bonds is 5. The highest BCUT2D eigenvalue weighted by Gasteiger charge is 2.66. The van der Waals surface area contributed by atoms with E-state index < -0.39 is 34.4 Å². The van der Waals surface area contributed by atoms with Crippen LogP contribution in [0.1, 0.15) is 45.6 Å². The predicted octanol–water partition coefficient (Wildman–Crippen LogP) is 5.33. The molecule has 1 spiro atoms. The zero-order valence-corrected chi connectivity index (χ0v) is 22.4. The molecule has 1 unspecified atom stereocenters. The molecule has 0 saturated carbocycles. The zero-order chi connectivity index (χ0) is 28.5. The summed E-state index contributed by atoms with van der Waals surface area (Å²) in [6.45, 7) is 1.82. The summed E-state index contributed by atoms with van der Waals surface area (Å²) in [4.78, 5) is 45.7. The number of aromatic nitrogens is 2. The first kappa shape index (κ1) is 25.2. The summed E-state index contributed by atoms with van der Waals surface area (Å²) >= 11 is 1.14. The van der Waals surface area contributed by atoms with Crippen molar-refractivity contribution in [2.45, 2.75) is 31.8 Å². The van der Waals surface area contributed by atoms with Crippen molar-refractivity contribution in [1.29, 1.82) is 0 Å². The van der Waals surface area contributed by atoms with E-state index in [1.807, 2.05) is 6.92 Å². The average molecular weight is 571 g/mol. The number of amides is 2. The van der Waals surface area contributed by atoms with E-state index in [-0.39, 0.29) is 39.5 Å². The molecule has 1 atom stereocenters. The van der Waals surface area contributed by atoms with Crippen LogP contribution in [0.5, 0.6) is 0 Å². The fraction of sp³-hybridized carbons (Fsp3) is 0.167. The third kappa shape index (κ3) is 3.45. The molecule has 0 N–H and O–H groups in total. The van der Waals surface area contributed by atoms with Gasteiger partial charge in [0.25, 0.3) is 11.8 Å². The van der Waals surface area contributed by atoms with Crippen LogP contribution in [0.4, 0.5) is 19.6 Å². The SMILES string of the molecule is CCCc1nnc(N2C(=O)c3oc4ccc(F)cc4c(=O)c3C23C(=O)N(Cc2ccccc2F)c2ccccc23)s1. The first-order valence-corrected chi connectivity index (χ1v) is 13.8. The Morgan fingerprint density at radius 3 is 2.56 bits per heavy atom. The lowest BCUT2D eigenvalue weighted by atomic mass is 9.84. The predicted molar refractivity (Wildman–Crippen MR) is 148 cm³/mol. The number of benzene rings is 3. The first-order chi connectivity index (χ1) is 19.9. The number of hydrogen-bond donors (Lipinski definition) is 0. The highest BCUT2D eigenvalue weighted by molar-refractivity contribution is 7.15. The maximum absolute atomic E-state index is 14.8. The first-order valence-electron chi connectivity index (χ1n) is 12.9. The number of carbonyl (C=O) groups excluding carboxylic acids is 2. The van der Waals surface area contributed by atoms with E-state index in [4.69, 9.17) is 4.42 Å². The Labute approximate surface area is 235 Å². The van der Waals surface area contributed by atoms with Crippen molar-refractivity contribution in [2.24, 2.45) is 0 Å². The molecule has 2 aromatic heterocycles. The van der Waals surface area contributed by atoms with E-state index in [2.05, 4.69) is 10.2 Å². The fourth-order valence-electron chi connectivity index (χ4n) is 5.74. The van der Waals surface area contributed by atoms with Gasteiger partial charge in [0.05, 0.1) is 23.2 Å². The van der Waals surface area contributed by atoms with E-state index in [0.717, 1.165) is 34.8 Å². The van der Waals surface area contributed by atoms with Crippen molar-refractivity contribution < 1.29 is 22.8 Å². The van der Waals surface area contributed by atoms with Gasteiger partial charge in [0, 0.05) is 17.5 Å². The van der Waals surface area contributed by atoms with Gasteiger partial charge in [0.2, 0.25) is 10.9 Å². The molecule has 2 amide bonds. The van der Waals surface area contributed by atoms with Crippen LogP contribution < -0.4 is 15.2 Å². The smallest absolute Gasteiger partial charge is 0.297 e. The summed E-state index contributed by atoms with van der Waals surface area (Å²) in [6.07, 6.45) is 1.38. The number of carbonyl (C=O) groups is 2. The molecule has 8 nitrogen and oxygen atoms in total. The number of fused-ring (bicyclic) bond motifs is 5. The minimum atomic E-state index is -2.03. The highest BCUT2D eigenvalue weighted by Crippen LogP contribution is 2.54. The normalized spacial score (nSPS) is 17.6. The van der Waals surface area contributed by atoms with Crippen LogP contribution in [0.25, 0.3) is 11.0 Å². The molecule has 0 bridgehead atoms. The maximum Gasteiger partial charge on any atom is 0.297 e. The van der Waals surface area contributed by atoms with Gasteiger partial charge in [-0.3, -0.25) is 19.3 Å². The summed E-state index contributed by atoms with van der Waals surface area (Å²) in [5.41, 5.74) is -2.01. The molecule has 7 rings (SSSR count). The van der Waals surface area contributed by atoms with Crippen molar-refractivity contribution >= 4 is 44.9 Å². The van der Waals surface area contributed by atoms with Crippen LogP contribution in [0.2, 0.25) is 0 Å². The van der Waals surface area contributed by atoms with Gasteiger partial charge in [-0.15, -0.1) is 10.2 Å². The Bertz CT molecular complexity index is 1970. The van der Waals surface area contributed by atoms with Crippen molar-refractivity contribution in [2.75, 3.05) is 9.80 Å². The van der Waals surface area contributed by atoms with E-state index in [1.54, 1.807) is 42.5 Å². The molecule has 0 radical (unpaired) electrons. The second-order valence-corrected chi connectivity index (χ2v) is 10.9. The summed E-state index contributed by atoms with van der Waals surface area (Å²) in [6, 6.07) is 16.2. The van der Waals surface area contributed by atoms with Gasteiger partial charge in [-0.05, 0) is 36.8 Å². The monoisotopic (exact) mass is 570 g/mol. The van der Waals surface area contributed by atoms with Crippen LogP contribution in [0, 0.1) is 11.6 Å². The molecule has 5 aromatic rings. The standard InChI is InChI=1S/C30H20F2N4O4S/c1-2-7-23-33-34-29(41-23)36-27(38)26-24(25(37)18-14-17(31)12-13-22(18)40-26)30(36)19-9-4-6-11-21(19)35(28(30)39)15-16-8-3-5-10-20(16)32/h3-6,8-14H,2,7,15H2,1H3. The molecule has 3 aromatic carbocycles. The second-order valence-electron chi connectivity index (χ2n) is 9.85. The third-order valence-electron chi connectivity index (χ3n) is 7.48. The quantitative estimate of drug-likeness (QED) is 0.284. The van der Waals surface area contributed by atoms with Crippen LogP contribution in [-0.4, -0.2) is 22.0 Å². The summed E-state index contributed by atoms with van der Waals surface area (Å²) in [7, 11) is 0. The van der Waals surface area contributed by atoms with E-state index in [0.29, 0.717) is 22.7 Å². The van der Waals surface area contributed by atoms with Crippen molar-refractivity contribution in [3.63, 3.8) is 0 Å². The maximum atomic E-state index is 14.8. The molecule has 11 heteroatoms. The van der Waals surface area contributed by atoms with Crippen LogP contribution >= 0.6 is 11.3 Å². The number of halogens is 2. The molecule has 0 fully saturated rings. The Morgan fingerprint density at radius 2 is 1.76 bits per heavy atom. The molecule has 2 aliphatic heterocycles. The second kappa shape index (κ2) is 9.13. The van der Waals surface area contributed by atoms with Gasteiger partial charge < -0.3 is 9.32 Å². The minimum absolute atomic E-state index is 0.00591. The van der Waals surface area contributed by atoms with Crippen molar-refractivity contribution in [1.82, 2.24) is 10.2 Å². The van der Waals surface area contributed by atoms with Crippen LogP contribution in [0.15, 0.2) is 75.9 Å². The molecule has 41 heavy (non-hydrogen) atoms. The van der Waals surface area contributed by atoms with Crippen molar-refractivity contribution in [3.05, 3.63) is 116 Å². The van der Waals surface area contributed by atoms with Gasteiger partial charge in [-0.1, -0.05) is 54.7 Å². The molecule has 204 valence electrons. The Hall–Kier alpha value is -4.77. The lowest BCUT2D eigenvalue weighted by Gasteiger charge is -2.32. The summed E-state index contributed by atoms with van der Waals surface area (Å²) in [5.74, 6) is -2.93. The Morgan fingerprint density at radius 1 is 0.976 bits per heavy atom. The highest BCUT2D eigenvalue weighted by atomic mass is 32.1. The number of aryl methyl sites for hydroxylation is 1. The number of anilines is 2. The van der Waals surface area contributed by atoms with Gasteiger partial charge in [-0.25, -0.2) is 8.78 Å². The molecule has 2 aliphatic rings. The molecule has 0 saturated heterocycles. The summed E-state index contributed by atoms with van der Waals surface area (Å²) in [5, 5.41) is 9.11. The topological polar surface area (TPSA) is 96.6 Å². The largest absolute Gasteiger partial charge is 0.450 e. The lowest BCUT2D eigenvalue weighted by molar-refractivity contribution is -0.121. The Kier molecular flexibility index (Phi) is 5.62. The van der Waals surface area contributed by atoms with Gasteiger partial charge >= 0.3 is 0 Å². The molecule has 0 aliphatic carbocycles. The molecular weight excluding hydrogens is 550 g/mol. The van der Waals surface area contributed by atoms with Crippen LogP contribution in [-0.2, 0) is 23.3 Å². The van der Waals surface area contributed by atoms with E-state index in [1.165, 1.54) is 17.0 Å². The zero-order valence-electron chi connectivity index (χ0n) is 21.6. The average Bonchev–Trinajstić information content (AvgIpc) is 3.60. The molecular formula is C30H20F2N4O4S. The number of para-hydroxylation sites is 1. The molecule has 4 heterocycles. The fourth-order valence-corrected chi connectivity index (χ4v) is 6.73. The minimum Gasteiger partial charge on any atom is -0.450 e. The Balaban J connectivity index is 1.55. The lowest BCUT2D eigenvalue weighted by Crippen LogP contribution is -2.53. The third-order valence-corrected chi connectivity index (χ3v) is 8.45. The van der Waals surface area contributed by atoms with Crippen molar-refractivity contribution in [3.8, 4) is 0 Å². The van der Waals surface area contributed by atoms with Gasteiger partial charge in [0.1, 0.15) is 22.2 Å².